The van der Waals surface area contributed by atoms with Crippen LogP contribution in [0.4, 0.5) is 24.8 Å². The summed E-state index contributed by atoms with van der Waals surface area (Å²) in [6.45, 7) is 1.95. The molecule has 1 aromatic carbocycles. The van der Waals surface area contributed by atoms with E-state index in [-0.39, 0.29) is 0 Å². The zero-order valence-electron chi connectivity index (χ0n) is 17.2. The first-order chi connectivity index (χ1) is 15.7. The molecule has 168 valence electrons. The summed E-state index contributed by atoms with van der Waals surface area (Å²) in [6.07, 6.45) is -3.38. The molecule has 2 N–H and O–H groups in total. The maximum atomic E-state index is 10.6. The molecular formula is C22H17F3N6O2. The second-order valence-electron chi connectivity index (χ2n) is 6.51. The molecule has 0 aliphatic carbocycles. The fourth-order valence-electron chi connectivity index (χ4n) is 2.54. The van der Waals surface area contributed by atoms with Gasteiger partial charge in [-0.25, -0.2) is 14.8 Å². The molecule has 3 heterocycles. The normalized spacial score (nSPS) is 10.7. The van der Waals surface area contributed by atoms with Gasteiger partial charge in [0.25, 0.3) is 0 Å². The highest BCUT2D eigenvalue weighted by molar-refractivity contribution is 5.75. The minimum absolute atomic E-state index is 0.459. The van der Waals surface area contributed by atoms with Gasteiger partial charge in [-0.1, -0.05) is 42.5 Å². The predicted molar refractivity (Wildman–Crippen MR) is 114 cm³/mol. The fourth-order valence-corrected chi connectivity index (χ4v) is 2.54. The molecule has 33 heavy (non-hydrogen) atoms. The Kier molecular flexibility index (Phi) is 7.24. The van der Waals surface area contributed by atoms with Crippen molar-refractivity contribution in [3.63, 3.8) is 0 Å². The summed E-state index contributed by atoms with van der Waals surface area (Å²) in [5.41, 5.74) is 3.17. The van der Waals surface area contributed by atoms with Crippen LogP contribution in [0, 0.1) is 6.92 Å². The number of anilines is 2. The van der Waals surface area contributed by atoms with Crippen molar-refractivity contribution >= 4 is 17.6 Å². The van der Waals surface area contributed by atoms with Crippen LogP contribution in [0.1, 0.15) is 5.69 Å². The van der Waals surface area contributed by atoms with Crippen LogP contribution in [-0.2, 0) is 4.79 Å². The van der Waals surface area contributed by atoms with Crippen molar-refractivity contribution in [3.8, 4) is 22.8 Å². The zero-order chi connectivity index (χ0) is 23.8. The molecule has 4 rings (SSSR count). The van der Waals surface area contributed by atoms with Gasteiger partial charge in [0, 0.05) is 17.5 Å². The van der Waals surface area contributed by atoms with Gasteiger partial charge < -0.3 is 10.4 Å². The van der Waals surface area contributed by atoms with Gasteiger partial charge in [-0.3, -0.25) is 4.98 Å². The molecule has 4 aromatic rings. The molecule has 0 fully saturated rings. The number of carbonyl (C=O) groups is 1. The first kappa shape index (κ1) is 23.3. The second kappa shape index (κ2) is 10.3. The predicted octanol–water partition coefficient (Wildman–Crippen LogP) is 4.68. The molecule has 0 saturated carbocycles. The van der Waals surface area contributed by atoms with E-state index >= 15 is 0 Å². The van der Waals surface area contributed by atoms with Crippen LogP contribution in [-0.4, -0.2) is 42.4 Å². The monoisotopic (exact) mass is 454 g/mol. The van der Waals surface area contributed by atoms with Gasteiger partial charge in [0.15, 0.2) is 5.82 Å². The molecule has 0 saturated heterocycles. The highest BCUT2D eigenvalue weighted by Gasteiger charge is 2.38. The molecule has 0 atom stereocenters. The van der Waals surface area contributed by atoms with E-state index in [9.17, 15) is 13.2 Å². The van der Waals surface area contributed by atoms with Crippen LogP contribution in [0.2, 0.25) is 0 Å². The SMILES string of the molecule is Cc1cccc(Nc2nc(-c3ccccn3)nnc2-c2ccccc2)n1.O=C(O)C(F)(F)F. The van der Waals surface area contributed by atoms with Crippen LogP contribution < -0.4 is 5.32 Å². The van der Waals surface area contributed by atoms with Gasteiger partial charge in [0.2, 0.25) is 5.82 Å². The van der Waals surface area contributed by atoms with Gasteiger partial charge in [-0.15, -0.1) is 10.2 Å². The minimum Gasteiger partial charge on any atom is -0.475 e. The molecule has 3 aromatic heterocycles. The van der Waals surface area contributed by atoms with Crippen molar-refractivity contribution in [3.05, 3.63) is 78.6 Å². The Morgan fingerprint density at radius 1 is 0.909 bits per heavy atom. The maximum absolute atomic E-state index is 10.6. The number of hydrogen-bond acceptors (Lipinski definition) is 7. The number of nitrogens with one attached hydrogen (secondary N) is 1. The Labute approximate surface area is 186 Å². The van der Waals surface area contributed by atoms with Crippen LogP contribution in [0.3, 0.4) is 0 Å². The van der Waals surface area contributed by atoms with E-state index in [1.807, 2.05) is 73.7 Å². The minimum atomic E-state index is -5.08. The van der Waals surface area contributed by atoms with Crippen LogP contribution in [0.15, 0.2) is 72.9 Å². The number of halogens is 3. The third-order valence-corrected chi connectivity index (χ3v) is 4.01. The maximum Gasteiger partial charge on any atom is 0.490 e. The smallest absolute Gasteiger partial charge is 0.475 e. The average molecular weight is 454 g/mol. The summed E-state index contributed by atoms with van der Waals surface area (Å²) < 4.78 is 31.7. The van der Waals surface area contributed by atoms with E-state index in [1.165, 1.54) is 0 Å². The topological polar surface area (TPSA) is 114 Å². The zero-order valence-corrected chi connectivity index (χ0v) is 17.2. The Hall–Kier alpha value is -4.41. The number of hydrogen-bond donors (Lipinski definition) is 2. The van der Waals surface area contributed by atoms with E-state index in [0.717, 1.165) is 11.3 Å². The molecule has 0 amide bonds. The second-order valence-corrected chi connectivity index (χ2v) is 6.51. The average Bonchev–Trinajstić information content (AvgIpc) is 2.80. The Morgan fingerprint density at radius 3 is 2.21 bits per heavy atom. The van der Waals surface area contributed by atoms with Crippen LogP contribution >= 0.6 is 0 Å². The van der Waals surface area contributed by atoms with Gasteiger partial charge in [0.1, 0.15) is 17.2 Å². The lowest BCUT2D eigenvalue weighted by molar-refractivity contribution is -0.192. The van der Waals surface area contributed by atoms with Crippen LogP contribution in [0.25, 0.3) is 22.8 Å². The highest BCUT2D eigenvalue weighted by atomic mass is 19.4. The quantitative estimate of drug-likeness (QED) is 0.457. The van der Waals surface area contributed by atoms with Gasteiger partial charge in [-0.2, -0.15) is 13.2 Å². The summed E-state index contributed by atoms with van der Waals surface area (Å²) in [5, 5.41) is 19.1. The first-order valence-electron chi connectivity index (χ1n) is 9.46. The van der Waals surface area contributed by atoms with Crippen LogP contribution in [0.5, 0.6) is 0 Å². The number of aryl methyl sites for hydroxylation is 1. The molecule has 0 aliphatic heterocycles. The summed E-state index contributed by atoms with van der Waals surface area (Å²) in [7, 11) is 0. The molecule has 0 unspecified atom stereocenters. The number of nitrogens with zero attached hydrogens (tertiary/aromatic N) is 5. The molecule has 11 heteroatoms. The molecular weight excluding hydrogens is 437 g/mol. The highest BCUT2D eigenvalue weighted by Crippen LogP contribution is 2.27. The van der Waals surface area contributed by atoms with E-state index in [0.29, 0.717) is 28.8 Å². The largest absolute Gasteiger partial charge is 0.490 e. The number of carboxylic acid groups (broad SMARTS) is 1. The Bertz CT molecular complexity index is 1220. The number of aliphatic carboxylic acids is 1. The molecule has 0 radical (unpaired) electrons. The van der Waals surface area contributed by atoms with Gasteiger partial charge in [0.05, 0.1) is 0 Å². The van der Waals surface area contributed by atoms with E-state index in [4.69, 9.17) is 9.90 Å². The van der Waals surface area contributed by atoms with Gasteiger partial charge in [-0.05, 0) is 31.2 Å². The van der Waals surface area contributed by atoms with Crippen molar-refractivity contribution in [2.24, 2.45) is 0 Å². The Balaban J connectivity index is 0.000000383. The Morgan fingerprint density at radius 2 is 1.61 bits per heavy atom. The van der Waals surface area contributed by atoms with Gasteiger partial charge >= 0.3 is 12.1 Å². The third kappa shape index (κ3) is 6.53. The summed E-state index contributed by atoms with van der Waals surface area (Å²) in [5.74, 6) is -1.01. The summed E-state index contributed by atoms with van der Waals surface area (Å²) >= 11 is 0. The molecule has 0 bridgehead atoms. The number of rotatable bonds is 4. The molecule has 0 spiro atoms. The van der Waals surface area contributed by atoms with Crippen molar-refractivity contribution in [1.82, 2.24) is 25.1 Å². The number of carboxylic acids is 1. The first-order valence-corrected chi connectivity index (χ1v) is 9.46. The number of benzene rings is 1. The summed E-state index contributed by atoms with van der Waals surface area (Å²) in [6, 6.07) is 21.2. The standard InChI is InChI=1S/C20H16N6.C2HF3O2/c1-14-8-7-12-17(22-14)23-20-18(15-9-3-2-4-10-15)25-26-19(24-20)16-11-5-6-13-21-16;3-2(4,5)1(6)7/h2-13H,1H3,(H,22,23,24,26);(H,6,7). The van der Waals surface area contributed by atoms with Crippen molar-refractivity contribution in [2.75, 3.05) is 5.32 Å². The fraction of sp³-hybridized carbons (Fsp3) is 0.0909. The lowest BCUT2D eigenvalue weighted by Gasteiger charge is -2.11. The number of aromatic nitrogens is 5. The molecule has 0 aliphatic rings. The third-order valence-electron chi connectivity index (χ3n) is 4.01. The van der Waals surface area contributed by atoms with E-state index in [1.54, 1.807) is 6.20 Å². The van der Waals surface area contributed by atoms with E-state index < -0.39 is 12.1 Å². The van der Waals surface area contributed by atoms with Crippen molar-refractivity contribution in [2.45, 2.75) is 13.1 Å². The lowest BCUT2D eigenvalue weighted by Crippen LogP contribution is -2.21. The number of alkyl halides is 3. The number of pyridine rings is 2. The van der Waals surface area contributed by atoms with Crippen molar-refractivity contribution in [1.29, 1.82) is 0 Å². The van der Waals surface area contributed by atoms with E-state index in [2.05, 4.69) is 30.5 Å². The lowest BCUT2D eigenvalue weighted by atomic mass is 10.1. The van der Waals surface area contributed by atoms with Crippen molar-refractivity contribution < 1.29 is 23.1 Å². The molecule has 8 nitrogen and oxygen atoms in total. The summed E-state index contributed by atoms with van der Waals surface area (Å²) in [4.78, 5) is 22.3.